The molecule has 0 radical (unpaired) electrons. The Balaban J connectivity index is 2.40. The van der Waals surface area contributed by atoms with Gasteiger partial charge in [0.1, 0.15) is 0 Å². The van der Waals surface area contributed by atoms with Gasteiger partial charge >= 0.3 is 0 Å². The largest absolute Gasteiger partial charge is 0.504 e. The summed E-state index contributed by atoms with van der Waals surface area (Å²) in [6, 6.07) is 3.22. The minimum Gasteiger partial charge on any atom is -0.504 e. The van der Waals surface area contributed by atoms with E-state index >= 15 is 0 Å². The van der Waals surface area contributed by atoms with E-state index in [1.54, 1.807) is 12.1 Å². The van der Waals surface area contributed by atoms with E-state index in [2.05, 4.69) is 6.58 Å². The zero-order chi connectivity index (χ0) is 12.4. The van der Waals surface area contributed by atoms with E-state index in [0.29, 0.717) is 19.4 Å². The maximum atomic E-state index is 9.87. The number of fused-ring (bicyclic) bond motifs is 1. The van der Waals surface area contributed by atoms with Crippen LogP contribution in [0.5, 0.6) is 11.5 Å². The Kier molecular flexibility index (Phi) is 3.36. The molecule has 0 fully saturated rings. The summed E-state index contributed by atoms with van der Waals surface area (Å²) in [5.74, 6) is -0.155. The number of ether oxygens (including phenoxy) is 1. The van der Waals surface area contributed by atoms with E-state index in [0.717, 1.165) is 11.1 Å². The predicted molar refractivity (Wildman–Crippen MR) is 65.0 cm³/mol. The maximum Gasteiger partial charge on any atom is 0.161 e. The molecular weight excluding hydrogens is 218 g/mol. The number of hydrogen-bond acceptors (Lipinski definition) is 4. The van der Waals surface area contributed by atoms with Crippen LogP contribution >= 0.6 is 0 Å². The Morgan fingerprint density at radius 3 is 2.88 bits per heavy atom. The van der Waals surface area contributed by atoms with Crippen molar-refractivity contribution >= 4 is 0 Å². The van der Waals surface area contributed by atoms with Gasteiger partial charge in [-0.3, -0.25) is 0 Å². The van der Waals surface area contributed by atoms with Gasteiger partial charge in [-0.25, -0.2) is 0 Å². The average molecular weight is 235 g/mol. The van der Waals surface area contributed by atoms with Gasteiger partial charge in [-0.2, -0.15) is 0 Å². The van der Waals surface area contributed by atoms with Crippen LogP contribution in [0.15, 0.2) is 24.8 Å². The Labute approximate surface area is 100 Å². The minimum absolute atomic E-state index is 0.0405. The van der Waals surface area contributed by atoms with E-state index in [9.17, 15) is 10.2 Å². The lowest BCUT2D eigenvalue weighted by molar-refractivity contribution is -0.0193. The molecule has 0 amide bonds. The predicted octanol–water partition coefficient (Wildman–Crippen LogP) is 1.61. The lowest BCUT2D eigenvalue weighted by Crippen LogP contribution is -2.30. The van der Waals surface area contributed by atoms with Crippen molar-refractivity contribution in [2.75, 3.05) is 6.54 Å². The molecule has 0 bridgehead atoms. The molecule has 2 unspecified atom stereocenters. The van der Waals surface area contributed by atoms with Crippen molar-refractivity contribution in [3.8, 4) is 11.5 Å². The zero-order valence-corrected chi connectivity index (χ0v) is 9.60. The Morgan fingerprint density at radius 1 is 1.47 bits per heavy atom. The van der Waals surface area contributed by atoms with Crippen LogP contribution in [0, 0.1) is 0 Å². The first-order chi connectivity index (χ1) is 8.17. The number of rotatable bonds is 3. The molecule has 1 aromatic rings. The highest BCUT2D eigenvalue weighted by Gasteiger charge is 2.28. The van der Waals surface area contributed by atoms with Crippen molar-refractivity contribution in [2.24, 2.45) is 5.73 Å². The first kappa shape index (κ1) is 12.0. The molecule has 92 valence electrons. The van der Waals surface area contributed by atoms with Crippen molar-refractivity contribution in [3.63, 3.8) is 0 Å². The number of phenolic OH excluding ortho intramolecular Hbond substituents is 2. The summed E-state index contributed by atoms with van der Waals surface area (Å²) in [6.45, 7) is 4.03. The SMILES string of the molecule is C=CCC1Cc2c(ccc(O)c2O)C(CN)O1. The van der Waals surface area contributed by atoms with E-state index in [-0.39, 0.29) is 23.7 Å². The van der Waals surface area contributed by atoms with Crippen molar-refractivity contribution in [1.29, 1.82) is 0 Å². The molecule has 4 N–H and O–H groups in total. The average Bonchev–Trinajstić information content (AvgIpc) is 2.34. The molecule has 4 heteroatoms. The molecule has 1 heterocycles. The van der Waals surface area contributed by atoms with Gasteiger partial charge in [0.15, 0.2) is 11.5 Å². The molecule has 4 nitrogen and oxygen atoms in total. The summed E-state index contributed by atoms with van der Waals surface area (Å²) >= 11 is 0. The summed E-state index contributed by atoms with van der Waals surface area (Å²) in [7, 11) is 0. The third-order valence-corrected chi connectivity index (χ3v) is 3.08. The van der Waals surface area contributed by atoms with Gasteiger partial charge in [0, 0.05) is 18.5 Å². The van der Waals surface area contributed by atoms with Gasteiger partial charge in [-0.15, -0.1) is 6.58 Å². The van der Waals surface area contributed by atoms with E-state index in [1.807, 2.05) is 0 Å². The van der Waals surface area contributed by atoms with Gasteiger partial charge in [0.05, 0.1) is 12.2 Å². The molecule has 0 aliphatic carbocycles. The number of hydrogen-bond donors (Lipinski definition) is 3. The third kappa shape index (κ3) is 2.14. The molecule has 0 saturated carbocycles. The van der Waals surface area contributed by atoms with Gasteiger partial charge in [0.2, 0.25) is 0 Å². The van der Waals surface area contributed by atoms with E-state index < -0.39 is 0 Å². The monoisotopic (exact) mass is 235 g/mol. The van der Waals surface area contributed by atoms with Gasteiger partial charge in [-0.05, 0) is 18.1 Å². The maximum absolute atomic E-state index is 9.87. The molecule has 17 heavy (non-hydrogen) atoms. The molecule has 0 saturated heterocycles. The van der Waals surface area contributed by atoms with E-state index in [1.165, 1.54) is 6.07 Å². The molecular formula is C13H17NO3. The van der Waals surface area contributed by atoms with Crippen LogP contribution in [0.3, 0.4) is 0 Å². The quantitative estimate of drug-likeness (QED) is 0.549. The molecule has 0 aromatic heterocycles. The summed E-state index contributed by atoms with van der Waals surface area (Å²) in [4.78, 5) is 0. The van der Waals surface area contributed by atoms with Crippen molar-refractivity contribution in [2.45, 2.75) is 25.0 Å². The second-order valence-electron chi connectivity index (χ2n) is 4.21. The summed E-state index contributed by atoms with van der Waals surface area (Å²) < 4.78 is 5.81. The lowest BCUT2D eigenvalue weighted by atomic mass is 9.92. The van der Waals surface area contributed by atoms with Crippen LogP contribution in [0.25, 0.3) is 0 Å². The summed E-state index contributed by atoms with van der Waals surface area (Å²) in [6.07, 6.45) is 2.78. The van der Waals surface area contributed by atoms with E-state index in [4.69, 9.17) is 10.5 Å². The highest BCUT2D eigenvalue weighted by Crippen LogP contribution is 2.40. The molecule has 1 aliphatic rings. The second-order valence-corrected chi connectivity index (χ2v) is 4.21. The smallest absolute Gasteiger partial charge is 0.161 e. The van der Waals surface area contributed by atoms with Crippen molar-refractivity contribution in [1.82, 2.24) is 0 Å². The lowest BCUT2D eigenvalue weighted by Gasteiger charge is -2.31. The number of nitrogens with two attached hydrogens (primary N) is 1. The van der Waals surface area contributed by atoms with Crippen molar-refractivity contribution < 1.29 is 14.9 Å². The number of aromatic hydroxyl groups is 2. The Morgan fingerprint density at radius 2 is 2.24 bits per heavy atom. The Hall–Kier alpha value is -1.52. The van der Waals surface area contributed by atoms with Crippen LogP contribution in [0.4, 0.5) is 0 Å². The molecule has 2 atom stereocenters. The molecule has 1 aromatic carbocycles. The zero-order valence-electron chi connectivity index (χ0n) is 9.60. The Bertz CT molecular complexity index is 431. The van der Waals surface area contributed by atoms with Crippen molar-refractivity contribution in [3.05, 3.63) is 35.9 Å². The van der Waals surface area contributed by atoms with Crippen LogP contribution in [-0.4, -0.2) is 22.9 Å². The number of benzene rings is 1. The normalized spacial score (nSPS) is 23.1. The third-order valence-electron chi connectivity index (χ3n) is 3.08. The van der Waals surface area contributed by atoms with Crippen LogP contribution in [-0.2, 0) is 11.2 Å². The van der Waals surface area contributed by atoms with Gasteiger partial charge < -0.3 is 20.7 Å². The standard InChI is InChI=1S/C13H17NO3/c1-2-3-8-6-10-9(12(7-14)17-8)4-5-11(15)13(10)16/h2,4-5,8,12,15-16H,1,3,6-7,14H2. The summed E-state index contributed by atoms with van der Waals surface area (Å²) in [5, 5.41) is 19.4. The van der Waals surface area contributed by atoms with Crippen LogP contribution in [0.2, 0.25) is 0 Å². The summed E-state index contributed by atoms with van der Waals surface area (Å²) in [5.41, 5.74) is 7.27. The molecule has 2 rings (SSSR count). The molecule has 0 spiro atoms. The van der Waals surface area contributed by atoms with Crippen LogP contribution < -0.4 is 5.73 Å². The van der Waals surface area contributed by atoms with Gasteiger partial charge in [-0.1, -0.05) is 12.1 Å². The highest BCUT2D eigenvalue weighted by atomic mass is 16.5. The fraction of sp³-hybridized carbons (Fsp3) is 0.385. The first-order valence-corrected chi connectivity index (χ1v) is 5.67. The fourth-order valence-electron chi connectivity index (χ4n) is 2.24. The molecule has 1 aliphatic heterocycles. The van der Waals surface area contributed by atoms with Gasteiger partial charge in [0.25, 0.3) is 0 Å². The number of phenols is 2. The second kappa shape index (κ2) is 4.77. The van der Waals surface area contributed by atoms with Crippen LogP contribution in [0.1, 0.15) is 23.7 Å². The topological polar surface area (TPSA) is 75.7 Å². The minimum atomic E-state index is -0.227. The fourth-order valence-corrected chi connectivity index (χ4v) is 2.24. The first-order valence-electron chi connectivity index (χ1n) is 5.67. The highest BCUT2D eigenvalue weighted by molar-refractivity contribution is 5.51.